The summed E-state index contributed by atoms with van der Waals surface area (Å²) in [5, 5.41) is 6.44. The van der Waals surface area contributed by atoms with E-state index in [4.69, 9.17) is 4.74 Å². The van der Waals surface area contributed by atoms with Gasteiger partial charge in [0.15, 0.2) is 5.96 Å². The number of aliphatic imine (C=N–C) groups is 1. The largest absolute Gasteiger partial charge is 0.489 e. The number of guanidine groups is 1. The Hall–Kier alpha value is -2.36. The molecule has 2 rings (SSSR count). The Morgan fingerprint density at radius 2 is 1.73 bits per heavy atom. The zero-order valence-corrected chi connectivity index (χ0v) is 20.1. The van der Waals surface area contributed by atoms with Crippen LogP contribution in [0.2, 0.25) is 0 Å². The number of nitrogens with one attached hydrogen (secondary N) is 2. The molecule has 0 heterocycles. The molecule has 0 spiro atoms. The van der Waals surface area contributed by atoms with Crippen molar-refractivity contribution >= 4 is 35.8 Å². The van der Waals surface area contributed by atoms with E-state index in [2.05, 4.69) is 15.6 Å². The zero-order valence-electron chi connectivity index (χ0n) is 17.8. The monoisotopic (exact) mass is 528 g/mol. The minimum atomic E-state index is -0.288. The second-order valence-corrected chi connectivity index (χ2v) is 6.85. The molecule has 2 N–H and O–H groups in total. The molecular formula is C22H30FIN4O2. The van der Waals surface area contributed by atoms with Crippen LogP contribution in [0.25, 0.3) is 0 Å². The Bertz CT molecular complexity index is 811. The third kappa shape index (κ3) is 8.56. The molecule has 30 heavy (non-hydrogen) atoms. The molecular weight excluding hydrogens is 498 g/mol. The smallest absolute Gasteiger partial charge is 0.253 e. The van der Waals surface area contributed by atoms with E-state index < -0.39 is 0 Å². The van der Waals surface area contributed by atoms with Gasteiger partial charge in [0, 0.05) is 26.2 Å². The van der Waals surface area contributed by atoms with E-state index in [0.717, 1.165) is 12.1 Å². The lowest BCUT2D eigenvalue weighted by atomic mass is 10.1. The maximum Gasteiger partial charge on any atom is 0.253 e. The van der Waals surface area contributed by atoms with Crippen molar-refractivity contribution in [2.45, 2.75) is 26.5 Å². The molecule has 0 aliphatic heterocycles. The summed E-state index contributed by atoms with van der Waals surface area (Å²) in [6.45, 7) is 5.69. The van der Waals surface area contributed by atoms with Crippen molar-refractivity contribution in [1.29, 1.82) is 0 Å². The summed E-state index contributed by atoms with van der Waals surface area (Å²) < 4.78 is 18.7. The van der Waals surface area contributed by atoms with E-state index in [9.17, 15) is 9.18 Å². The first-order valence-electron chi connectivity index (χ1n) is 9.64. The second kappa shape index (κ2) is 13.0. The van der Waals surface area contributed by atoms with E-state index in [1.165, 1.54) is 12.1 Å². The van der Waals surface area contributed by atoms with Gasteiger partial charge >= 0.3 is 0 Å². The number of halogens is 2. The number of rotatable bonds is 8. The predicted molar refractivity (Wildman–Crippen MR) is 129 cm³/mol. The van der Waals surface area contributed by atoms with Crippen LogP contribution in [-0.4, -0.2) is 50.1 Å². The van der Waals surface area contributed by atoms with Crippen molar-refractivity contribution in [1.82, 2.24) is 15.5 Å². The molecule has 8 heteroatoms. The molecule has 0 saturated carbocycles. The fourth-order valence-electron chi connectivity index (χ4n) is 2.55. The SMILES string of the molecule is CCNC(=NCc1ccc(C(=O)N(C)C)cc1)NCC(C)Oc1ccc(F)cc1.I. The highest BCUT2D eigenvalue weighted by atomic mass is 127. The average molecular weight is 528 g/mol. The van der Waals surface area contributed by atoms with E-state index in [1.807, 2.05) is 38.1 Å². The molecule has 0 aliphatic rings. The fraction of sp³-hybridized carbons (Fsp3) is 0.364. The number of hydrogen-bond donors (Lipinski definition) is 2. The first-order chi connectivity index (χ1) is 13.9. The summed E-state index contributed by atoms with van der Waals surface area (Å²) in [6, 6.07) is 13.4. The van der Waals surface area contributed by atoms with Gasteiger partial charge in [0.1, 0.15) is 17.7 Å². The van der Waals surface area contributed by atoms with Crippen molar-refractivity contribution in [2.24, 2.45) is 4.99 Å². The summed E-state index contributed by atoms with van der Waals surface area (Å²) in [5.41, 5.74) is 1.66. The Labute approximate surface area is 194 Å². The van der Waals surface area contributed by atoms with Crippen LogP contribution in [0.5, 0.6) is 5.75 Å². The van der Waals surface area contributed by atoms with Crippen molar-refractivity contribution in [3.63, 3.8) is 0 Å². The summed E-state index contributed by atoms with van der Waals surface area (Å²) in [5.74, 6) is 0.986. The summed E-state index contributed by atoms with van der Waals surface area (Å²) in [6.07, 6.45) is -0.124. The van der Waals surface area contributed by atoms with Gasteiger partial charge in [-0.05, 0) is 55.8 Å². The van der Waals surface area contributed by atoms with Crippen LogP contribution >= 0.6 is 24.0 Å². The van der Waals surface area contributed by atoms with E-state index in [-0.39, 0.29) is 41.8 Å². The quantitative estimate of drug-likeness (QED) is 0.312. The molecule has 0 aliphatic carbocycles. The number of amides is 1. The van der Waals surface area contributed by atoms with Crippen LogP contribution in [0.3, 0.4) is 0 Å². The first kappa shape index (κ1) is 25.7. The highest BCUT2D eigenvalue weighted by Crippen LogP contribution is 2.12. The van der Waals surface area contributed by atoms with Gasteiger partial charge in [0.25, 0.3) is 5.91 Å². The van der Waals surface area contributed by atoms with Crippen LogP contribution in [0, 0.1) is 5.82 Å². The second-order valence-electron chi connectivity index (χ2n) is 6.85. The summed E-state index contributed by atoms with van der Waals surface area (Å²) >= 11 is 0. The van der Waals surface area contributed by atoms with Gasteiger partial charge < -0.3 is 20.3 Å². The molecule has 2 aromatic rings. The molecule has 0 fully saturated rings. The Morgan fingerprint density at radius 1 is 1.10 bits per heavy atom. The van der Waals surface area contributed by atoms with Gasteiger partial charge in [0.05, 0.1) is 13.1 Å². The van der Waals surface area contributed by atoms with E-state index in [0.29, 0.717) is 30.4 Å². The molecule has 0 radical (unpaired) electrons. The van der Waals surface area contributed by atoms with Crippen LogP contribution in [0.15, 0.2) is 53.5 Å². The van der Waals surface area contributed by atoms with Gasteiger partial charge in [-0.25, -0.2) is 9.38 Å². The van der Waals surface area contributed by atoms with Gasteiger partial charge in [-0.3, -0.25) is 4.79 Å². The average Bonchev–Trinajstić information content (AvgIpc) is 2.71. The van der Waals surface area contributed by atoms with Crippen molar-refractivity contribution in [2.75, 3.05) is 27.2 Å². The molecule has 0 aromatic heterocycles. The number of hydrogen-bond acceptors (Lipinski definition) is 3. The molecule has 6 nitrogen and oxygen atoms in total. The van der Waals surface area contributed by atoms with Crippen LogP contribution in [-0.2, 0) is 6.54 Å². The summed E-state index contributed by atoms with van der Waals surface area (Å²) in [7, 11) is 3.46. The van der Waals surface area contributed by atoms with Gasteiger partial charge in [-0.15, -0.1) is 24.0 Å². The van der Waals surface area contributed by atoms with Crippen molar-refractivity contribution < 1.29 is 13.9 Å². The molecule has 0 bridgehead atoms. The Balaban J connectivity index is 0.00000450. The van der Waals surface area contributed by atoms with E-state index >= 15 is 0 Å². The molecule has 1 unspecified atom stereocenters. The maximum absolute atomic E-state index is 13.0. The minimum Gasteiger partial charge on any atom is -0.489 e. The fourth-order valence-corrected chi connectivity index (χ4v) is 2.55. The number of carbonyl (C=O) groups is 1. The summed E-state index contributed by atoms with van der Waals surface area (Å²) in [4.78, 5) is 18.1. The maximum atomic E-state index is 13.0. The normalized spacial score (nSPS) is 11.8. The van der Waals surface area contributed by atoms with Crippen molar-refractivity contribution in [3.8, 4) is 5.75 Å². The van der Waals surface area contributed by atoms with Gasteiger partial charge in [0.2, 0.25) is 0 Å². The number of carbonyl (C=O) groups excluding carboxylic acids is 1. The molecule has 1 atom stereocenters. The molecule has 1 amide bonds. The predicted octanol–water partition coefficient (Wildman–Crippen LogP) is 3.67. The molecule has 164 valence electrons. The number of ether oxygens (including phenoxy) is 1. The van der Waals surface area contributed by atoms with Crippen LogP contribution in [0.1, 0.15) is 29.8 Å². The van der Waals surface area contributed by atoms with Crippen molar-refractivity contribution in [3.05, 3.63) is 65.5 Å². The Kier molecular flexibility index (Phi) is 11.2. The third-order valence-electron chi connectivity index (χ3n) is 4.08. The lowest BCUT2D eigenvalue weighted by Crippen LogP contribution is -2.41. The minimum absolute atomic E-state index is 0. The molecule has 2 aromatic carbocycles. The lowest BCUT2D eigenvalue weighted by Gasteiger charge is -2.17. The topological polar surface area (TPSA) is 66.0 Å². The van der Waals surface area contributed by atoms with Crippen LogP contribution < -0.4 is 15.4 Å². The highest BCUT2D eigenvalue weighted by Gasteiger charge is 2.08. The van der Waals surface area contributed by atoms with E-state index in [1.54, 1.807) is 31.1 Å². The van der Waals surface area contributed by atoms with Gasteiger partial charge in [-0.1, -0.05) is 12.1 Å². The number of nitrogens with zero attached hydrogens (tertiary/aromatic N) is 2. The molecule has 0 saturated heterocycles. The highest BCUT2D eigenvalue weighted by molar-refractivity contribution is 14.0. The van der Waals surface area contributed by atoms with Crippen LogP contribution in [0.4, 0.5) is 4.39 Å². The van der Waals surface area contributed by atoms with Gasteiger partial charge in [-0.2, -0.15) is 0 Å². The first-order valence-corrected chi connectivity index (χ1v) is 9.64. The third-order valence-corrected chi connectivity index (χ3v) is 4.08. The Morgan fingerprint density at radius 3 is 2.30 bits per heavy atom. The lowest BCUT2D eigenvalue weighted by molar-refractivity contribution is 0.0827. The number of benzene rings is 2. The zero-order chi connectivity index (χ0) is 21.2. The standard InChI is InChI=1S/C22H29FN4O2.HI/c1-5-24-22(25-14-16(2)29-20-12-10-19(23)11-13-20)26-15-17-6-8-18(9-7-17)21(28)27(3)4;/h6-13,16H,5,14-15H2,1-4H3,(H2,24,25,26);1H.